The average Bonchev–Trinajstić information content (AvgIpc) is 3.50. The molecule has 41 heavy (non-hydrogen) atoms. The van der Waals surface area contributed by atoms with Crippen molar-refractivity contribution in [2.45, 2.75) is 26.2 Å². The molecule has 0 atom stereocenters. The lowest BCUT2D eigenvalue weighted by Gasteiger charge is -2.21. The number of hydrogen-bond acceptors (Lipinski definition) is 6. The summed E-state index contributed by atoms with van der Waals surface area (Å²) in [5, 5.41) is 2.13. The third kappa shape index (κ3) is 3.83. The molecule has 0 unspecified atom stereocenters. The molecule has 198 valence electrons. The Morgan fingerprint density at radius 1 is 0.854 bits per heavy atom. The largest absolute Gasteiger partial charge is 0.455 e. The van der Waals surface area contributed by atoms with Crippen molar-refractivity contribution in [2.24, 2.45) is 4.99 Å². The fourth-order valence-corrected chi connectivity index (χ4v) is 5.86. The summed E-state index contributed by atoms with van der Waals surface area (Å²) in [6.07, 6.45) is 7.35. The third-order valence-corrected chi connectivity index (χ3v) is 7.82. The van der Waals surface area contributed by atoms with Crippen LogP contribution in [0, 0.1) is 0 Å². The van der Waals surface area contributed by atoms with E-state index < -0.39 is 0 Å². The van der Waals surface area contributed by atoms with E-state index in [1.807, 2.05) is 55.5 Å². The molecule has 0 fully saturated rings. The summed E-state index contributed by atoms with van der Waals surface area (Å²) in [6.45, 7) is 10.3. The van der Waals surface area contributed by atoms with Crippen LogP contribution in [0.3, 0.4) is 0 Å². The summed E-state index contributed by atoms with van der Waals surface area (Å²) in [4.78, 5) is 23.1. The summed E-state index contributed by atoms with van der Waals surface area (Å²) >= 11 is 0. The Hall–Kier alpha value is -5.23. The van der Waals surface area contributed by atoms with Gasteiger partial charge >= 0.3 is 0 Å². The first-order chi connectivity index (χ1) is 20.0. The second-order valence-corrected chi connectivity index (χ2v) is 10.6. The van der Waals surface area contributed by atoms with E-state index in [0.717, 1.165) is 27.5 Å². The Labute approximate surface area is 237 Å². The van der Waals surface area contributed by atoms with Crippen molar-refractivity contribution >= 4 is 34.4 Å². The fraction of sp³-hybridized carbons (Fsp3) is 0.114. The highest BCUT2D eigenvalue weighted by molar-refractivity contribution is 6.17. The first-order valence-corrected chi connectivity index (χ1v) is 13.6. The second-order valence-electron chi connectivity index (χ2n) is 10.6. The van der Waals surface area contributed by atoms with Gasteiger partial charge in [0.2, 0.25) is 0 Å². The van der Waals surface area contributed by atoms with Gasteiger partial charge in [0.05, 0.1) is 5.56 Å². The van der Waals surface area contributed by atoms with Crippen LogP contribution in [0.15, 0.2) is 107 Å². The Bertz CT molecular complexity index is 2050. The van der Waals surface area contributed by atoms with Crippen LogP contribution in [-0.2, 0) is 5.41 Å². The number of rotatable bonds is 5. The van der Waals surface area contributed by atoms with Gasteiger partial charge in [-0.1, -0.05) is 74.5 Å². The topological polar surface area (TPSA) is 77.1 Å². The van der Waals surface area contributed by atoms with Crippen molar-refractivity contribution in [2.75, 3.05) is 0 Å². The zero-order valence-corrected chi connectivity index (χ0v) is 23.1. The monoisotopic (exact) mass is 533 g/mol. The van der Waals surface area contributed by atoms with Crippen LogP contribution in [0.2, 0.25) is 0 Å². The average molecular weight is 534 g/mol. The van der Waals surface area contributed by atoms with Gasteiger partial charge in [0.1, 0.15) is 22.6 Å². The van der Waals surface area contributed by atoms with E-state index in [9.17, 15) is 0 Å². The van der Waals surface area contributed by atoms with E-state index in [4.69, 9.17) is 19.4 Å². The number of aliphatic imine (C=N–C) groups is 1. The number of allylic oxidation sites excluding steroid dienone is 3. The molecule has 6 aromatic rings. The van der Waals surface area contributed by atoms with Crippen molar-refractivity contribution in [3.8, 4) is 34.0 Å². The molecule has 0 N–H and O–H groups in total. The standard InChI is InChI=1S/C35H27N5O/c1-5-6-16-26(36-4)33-38-32(39-34(40-33)27-17-9-10-20-37-27)23-14-11-13-22-30-28(41-31(22)23)19-18-25-29(30)21-12-7-8-15-24(21)35(25,2)3/h5-20H,4H2,1-3H3/b6-5-,26-16-. The SMILES string of the molecule is C=N/C(=C\C=C/C)c1nc(-c2ccccn2)nc(-c2cccc3c2oc2ccc4c(c23)-c2ccccc2C4(C)C)n1. The molecule has 0 saturated carbocycles. The molecule has 0 spiro atoms. The number of fused-ring (bicyclic) bond motifs is 7. The van der Waals surface area contributed by atoms with E-state index in [1.165, 1.54) is 22.3 Å². The first kappa shape index (κ1) is 24.8. The molecule has 1 aliphatic carbocycles. The number of hydrogen-bond donors (Lipinski definition) is 0. The zero-order chi connectivity index (χ0) is 28.1. The minimum absolute atomic E-state index is 0.102. The van der Waals surface area contributed by atoms with Gasteiger partial charge in [0.15, 0.2) is 17.5 Å². The number of nitrogens with zero attached hydrogens (tertiary/aromatic N) is 5. The van der Waals surface area contributed by atoms with Gasteiger partial charge in [0.25, 0.3) is 0 Å². The molecular formula is C35H27N5O. The van der Waals surface area contributed by atoms with E-state index in [2.05, 4.69) is 73.0 Å². The van der Waals surface area contributed by atoms with Crippen LogP contribution in [0.25, 0.3) is 61.7 Å². The Kier molecular flexibility index (Phi) is 5.71. The molecule has 3 heterocycles. The van der Waals surface area contributed by atoms with Crippen molar-refractivity contribution in [3.63, 3.8) is 0 Å². The van der Waals surface area contributed by atoms with Gasteiger partial charge in [0, 0.05) is 22.4 Å². The highest BCUT2D eigenvalue weighted by Crippen LogP contribution is 2.53. The van der Waals surface area contributed by atoms with Crippen molar-refractivity contribution < 1.29 is 4.42 Å². The van der Waals surface area contributed by atoms with Crippen LogP contribution in [-0.4, -0.2) is 26.7 Å². The van der Waals surface area contributed by atoms with Crippen molar-refractivity contribution in [1.29, 1.82) is 0 Å². The molecule has 6 heteroatoms. The number of furan rings is 1. The maximum atomic E-state index is 6.61. The molecule has 3 aromatic heterocycles. The fourth-order valence-electron chi connectivity index (χ4n) is 5.86. The van der Waals surface area contributed by atoms with E-state index in [1.54, 1.807) is 6.20 Å². The predicted octanol–water partition coefficient (Wildman–Crippen LogP) is 8.42. The number of aromatic nitrogens is 4. The summed E-state index contributed by atoms with van der Waals surface area (Å²) in [5.74, 6) is 1.34. The molecule has 0 bridgehead atoms. The Morgan fingerprint density at radius 3 is 2.46 bits per heavy atom. The van der Waals surface area contributed by atoms with Gasteiger partial charge in [-0.3, -0.25) is 9.98 Å². The molecule has 7 rings (SSSR count). The molecule has 6 nitrogen and oxygen atoms in total. The molecule has 0 aliphatic heterocycles. The Balaban J connectivity index is 1.51. The molecular weight excluding hydrogens is 506 g/mol. The molecule has 1 aliphatic rings. The van der Waals surface area contributed by atoms with Gasteiger partial charge in [-0.05, 0) is 66.2 Å². The van der Waals surface area contributed by atoms with Crippen LogP contribution < -0.4 is 0 Å². The first-order valence-electron chi connectivity index (χ1n) is 13.6. The highest BCUT2D eigenvalue weighted by Gasteiger charge is 2.37. The Morgan fingerprint density at radius 2 is 1.66 bits per heavy atom. The molecule has 0 saturated heterocycles. The summed E-state index contributed by atoms with van der Waals surface area (Å²) in [5.41, 5.74) is 8.52. The highest BCUT2D eigenvalue weighted by atomic mass is 16.3. The van der Waals surface area contributed by atoms with Gasteiger partial charge in [-0.15, -0.1) is 0 Å². The van der Waals surface area contributed by atoms with Gasteiger partial charge < -0.3 is 4.42 Å². The minimum Gasteiger partial charge on any atom is -0.455 e. The maximum absolute atomic E-state index is 6.61. The second kappa shape index (κ2) is 9.45. The smallest absolute Gasteiger partial charge is 0.182 e. The van der Waals surface area contributed by atoms with Gasteiger partial charge in [-0.2, -0.15) is 0 Å². The van der Waals surface area contributed by atoms with Crippen LogP contribution in [0.4, 0.5) is 0 Å². The van der Waals surface area contributed by atoms with E-state index >= 15 is 0 Å². The normalized spacial score (nSPS) is 14.1. The van der Waals surface area contributed by atoms with Crippen LogP contribution >= 0.6 is 0 Å². The van der Waals surface area contributed by atoms with Crippen LogP contribution in [0.1, 0.15) is 37.7 Å². The quantitative estimate of drug-likeness (QED) is 0.164. The maximum Gasteiger partial charge on any atom is 0.182 e. The number of pyridine rings is 1. The van der Waals surface area contributed by atoms with Crippen molar-refractivity contribution in [1.82, 2.24) is 19.9 Å². The predicted molar refractivity (Wildman–Crippen MR) is 166 cm³/mol. The van der Waals surface area contributed by atoms with E-state index in [0.29, 0.717) is 28.9 Å². The lowest BCUT2D eigenvalue weighted by atomic mass is 9.82. The van der Waals surface area contributed by atoms with Crippen molar-refractivity contribution in [3.05, 3.63) is 114 Å². The van der Waals surface area contributed by atoms with E-state index in [-0.39, 0.29) is 5.41 Å². The molecule has 3 aromatic carbocycles. The zero-order valence-electron chi connectivity index (χ0n) is 23.1. The number of benzene rings is 3. The van der Waals surface area contributed by atoms with Gasteiger partial charge in [-0.25, -0.2) is 15.0 Å². The number of para-hydroxylation sites is 1. The third-order valence-electron chi connectivity index (χ3n) is 7.82. The molecule has 0 amide bonds. The minimum atomic E-state index is -0.102. The lowest BCUT2D eigenvalue weighted by molar-refractivity contribution is 0.657. The molecule has 0 radical (unpaired) electrons. The lowest BCUT2D eigenvalue weighted by Crippen LogP contribution is -2.14. The summed E-state index contributed by atoms with van der Waals surface area (Å²) in [7, 11) is 0. The summed E-state index contributed by atoms with van der Waals surface area (Å²) < 4.78 is 6.61. The summed E-state index contributed by atoms with van der Waals surface area (Å²) in [6, 6.07) is 24.7. The van der Waals surface area contributed by atoms with Crippen LogP contribution in [0.5, 0.6) is 0 Å².